The summed E-state index contributed by atoms with van der Waals surface area (Å²) in [6.45, 7) is 5.60. The summed E-state index contributed by atoms with van der Waals surface area (Å²) in [5.74, 6) is 0.366. The zero-order valence-electron chi connectivity index (χ0n) is 6.53. The Morgan fingerprint density at radius 2 is 2.20 bits per heavy atom. The van der Waals surface area contributed by atoms with Crippen molar-refractivity contribution in [3.63, 3.8) is 0 Å². The van der Waals surface area contributed by atoms with E-state index in [0.29, 0.717) is 5.89 Å². The van der Waals surface area contributed by atoms with E-state index < -0.39 is 6.10 Å². The van der Waals surface area contributed by atoms with Gasteiger partial charge in [-0.2, -0.15) is 0 Å². The van der Waals surface area contributed by atoms with Crippen LogP contribution < -0.4 is 0 Å². The number of nitrogens with zero attached hydrogens (tertiary/aromatic N) is 1. The molecule has 0 spiro atoms. The van der Waals surface area contributed by atoms with Crippen LogP contribution in [0.5, 0.6) is 0 Å². The number of rotatable bonds is 1. The molecule has 0 aliphatic heterocycles. The molecule has 0 saturated heterocycles. The van der Waals surface area contributed by atoms with Crippen LogP contribution in [-0.2, 0) is 0 Å². The summed E-state index contributed by atoms with van der Waals surface area (Å²) >= 11 is 0. The van der Waals surface area contributed by atoms with Gasteiger partial charge in [-0.15, -0.1) is 0 Å². The Morgan fingerprint density at radius 1 is 1.60 bits per heavy atom. The molecule has 1 unspecified atom stereocenters. The van der Waals surface area contributed by atoms with Crippen LogP contribution in [0.25, 0.3) is 0 Å². The first kappa shape index (κ1) is 9.17. The van der Waals surface area contributed by atoms with Gasteiger partial charge in [-0.05, 0) is 6.92 Å². The van der Waals surface area contributed by atoms with Crippen LogP contribution in [0.2, 0.25) is 0 Å². The Hall–Kier alpha value is -0.830. The molecule has 0 aliphatic rings. The van der Waals surface area contributed by atoms with Crippen LogP contribution in [0.15, 0.2) is 16.9 Å². The van der Waals surface area contributed by atoms with E-state index in [2.05, 4.69) is 4.98 Å². The lowest BCUT2D eigenvalue weighted by molar-refractivity contribution is 0.163. The fourth-order valence-corrected chi connectivity index (χ4v) is 0.441. The van der Waals surface area contributed by atoms with E-state index >= 15 is 0 Å². The second kappa shape index (κ2) is 4.99. The quantitative estimate of drug-likeness (QED) is 0.651. The molecule has 0 radical (unpaired) electrons. The van der Waals surface area contributed by atoms with Gasteiger partial charge in [0.2, 0.25) is 5.89 Å². The first-order valence-electron chi connectivity index (χ1n) is 3.38. The highest BCUT2D eigenvalue weighted by molar-refractivity contribution is 4.82. The third-order valence-corrected chi connectivity index (χ3v) is 0.809. The highest BCUT2D eigenvalue weighted by Gasteiger charge is 2.02. The fourth-order valence-electron chi connectivity index (χ4n) is 0.441. The van der Waals surface area contributed by atoms with Gasteiger partial charge in [-0.3, -0.25) is 0 Å². The molecule has 1 heterocycles. The first-order chi connectivity index (χ1) is 4.80. The largest absolute Gasteiger partial charge is 0.446 e. The van der Waals surface area contributed by atoms with Crippen molar-refractivity contribution in [2.45, 2.75) is 26.9 Å². The molecule has 10 heavy (non-hydrogen) atoms. The molecule has 0 aromatic carbocycles. The Labute approximate surface area is 60.7 Å². The van der Waals surface area contributed by atoms with Gasteiger partial charge in [0.1, 0.15) is 12.4 Å². The molecule has 0 amide bonds. The molecule has 0 saturated carbocycles. The number of aliphatic hydroxyl groups is 1. The van der Waals surface area contributed by atoms with Gasteiger partial charge < -0.3 is 9.52 Å². The van der Waals surface area contributed by atoms with Gasteiger partial charge in [-0.25, -0.2) is 4.98 Å². The molecule has 0 fully saturated rings. The van der Waals surface area contributed by atoms with E-state index in [9.17, 15) is 0 Å². The summed E-state index contributed by atoms with van der Waals surface area (Å²) in [4.78, 5) is 3.70. The molecule has 1 aromatic rings. The monoisotopic (exact) mass is 143 g/mol. The molecule has 1 N–H and O–H groups in total. The van der Waals surface area contributed by atoms with Gasteiger partial charge in [0, 0.05) is 0 Å². The SMILES string of the molecule is CC.CC(O)c1ncco1. The highest BCUT2D eigenvalue weighted by Crippen LogP contribution is 2.06. The van der Waals surface area contributed by atoms with Gasteiger partial charge >= 0.3 is 0 Å². The number of hydrogen-bond acceptors (Lipinski definition) is 3. The average molecular weight is 143 g/mol. The van der Waals surface area contributed by atoms with E-state index in [-0.39, 0.29) is 0 Å². The maximum atomic E-state index is 8.76. The van der Waals surface area contributed by atoms with E-state index in [1.54, 1.807) is 6.92 Å². The maximum absolute atomic E-state index is 8.76. The third-order valence-electron chi connectivity index (χ3n) is 0.809. The summed E-state index contributed by atoms with van der Waals surface area (Å²) in [7, 11) is 0. The zero-order chi connectivity index (χ0) is 7.98. The highest BCUT2D eigenvalue weighted by atomic mass is 16.4. The van der Waals surface area contributed by atoms with Crippen LogP contribution in [-0.4, -0.2) is 10.1 Å². The zero-order valence-corrected chi connectivity index (χ0v) is 6.53. The summed E-state index contributed by atoms with van der Waals surface area (Å²) in [6.07, 6.45) is 2.34. The molecule has 3 heteroatoms. The Morgan fingerprint density at radius 3 is 2.40 bits per heavy atom. The lowest BCUT2D eigenvalue weighted by atomic mass is 10.4. The maximum Gasteiger partial charge on any atom is 0.222 e. The third kappa shape index (κ3) is 2.64. The van der Waals surface area contributed by atoms with Crippen LogP contribution in [0.1, 0.15) is 32.8 Å². The first-order valence-corrected chi connectivity index (χ1v) is 3.38. The Balaban J connectivity index is 0.000000371. The van der Waals surface area contributed by atoms with Crippen LogP contribution in [0.4, 0.5) is 0 Å². The smallest absolute Gasteiger partial charge is 0.222 e. The molecule has 1 aromatic heterocycles. The van der Waals surface area contributed by atoms with Crippen molar-refractivity contribution in [3.05, 3.63) is 18.4 Å². The van der Waals surface area contributed by atoms with E-state index in [0.717, 1.165) is 0 Å². The predicted octanol–water partition coefficient (Wildman–Crippen LogP) is 1.75. The molecule has 3 nitrogen and oxygen atoms in total. The fraction of sp³-hybridized carbons (Fsp3) is 0.571. The van der Waals surface area contributed by atoms with Crippen LogP contribution in [0.3, 0.4) is 0 Å². The lowest BCUT2D eigenvalue weighted by Gasteiger charge is -1.92. The number of hydrogen-bond donors (Lipinski definition) is 1. The molecular weight excluding hydrogens is 130 g/mol. The normalized spacial score (nSPS) is 11.6. The van der Waals surface area contributed by atoms with Crippen LogP contribution in [0, 0.1) is 0 Å². The second-order valence-corrected chi connectivity index (χ2v) is 1.55. The minimum Gasteiger partial charge on any atom is -0.446 e. The van der Waals surface area contributed by atoms with E-state index in [1.165, 1.54) is 12.5 Å². The summed E-state index contributed by atoms with van der Waals surface area (Å²) in [5, 5.41) is 8.76. The lowest BCUT2D eigenvalue weighted by Crippen LogP contribution is -1.88. The van der Waals surface area contributed by atoms with Crippen molar-refractivity contribution in [1.82, 2.24) is 4.98 Å². The molecule has 1 rings (SSSR count). The predicted molar refractivity (Wildman–Crippen MR) is 38.5 cm³/mol. The number of aliphatic hydroxyl groups excluding tert-OH is 1. The van der Waals surface area contributed by atoms with Crippen molar-refractivity contribution in [3.8, 4) is 0 Å². The molecule has 0 aliphatic carbocycles. The number of aromatic nitrogens is 1. The van der Waals surface area contributed by atoms with Crippen molar-refractivity contribution in [2.24, 2.45) is 0 Å². The minimum absolute atomic E-state index is 0.366. The molecular formula is C7H13NO2. The Kier molecular flexibility index (Phi) is 4.58. The standard InChI is InChI=1S/C5H7NO2.C2H6/c1-4(7)5-6-2-3-8-5;1-2/h2-4,7H,1H3;1-2H3. The van der Waals surface area contributed by atoms with Crippen molar-refractivity contribution in [2.75, 3.05) is 0 Å². The average Bonchev–Trinajstić information content (AvgIpc) is 2.42. The van der Waals surface area contributed by atoms with Crippen molar-refractivity contribution in [1.29, 1.82) is 0 Å². The van der Waals surface area contributed by atoms with E-state index in [1.807, 2.05) is 13.8 Å². The second-order valence-electron chi connectivity index (χ2n) is 1.55. The van der Waals surface area contributed by atoms with Gasteiger partial charge in [-0.1, -0.05) is 13.8 Å². The molecule has 58 valence electrons. The summed E-state index contributed by atoms with van der Waals surface area (Å²) in [6, 6.07) is 0. The molecule has 0 bridgehead atoms. The van der Waals surface area contributed by atoms with Gasteiger partial charge in [0.25, 0.3) is 0 Å². The van der Waals surface area contributed by atoms with Gasteiger partial charge in [0.15, 0.2) is 0 Å². The Bertz CT molecular complexity index is 147. The summed E-state index contributed by atoms with van der Waals surface area (Å²) < 4.78 is 4.73. The number of oxazole rings is 1. The molecule has 1 atom stereocenters. The van der Waals surface area contributed by atoms with Crippen LogP contribution >= 0.6 is 0 Å². The van der Waals surface area contributed by atoms with E-state index in [4.69, 9.17) is 9.52 Å². The summed E-state index contributed by atoms with van der Waals surface area (Å²) in [5.41, 5.74) is 0. The van der Waals surface area contributed by atoms with Crippen molar-refractivity contribution >= 4 is 0 Å². The van der Waals surface area contributed by atoms with Gasteiger partial charge in [0.05, 0.1) is 6.20 Å². The topological polar surface area (TPSA) is 46.3 Å². The van der Waals surface area contributed by atoms with Crippen molar-refractivity contribution < 1.29 is 9.52 Å². The minimum atomic E-state index is -0.593.